The van der Waals surface area contributed by atoms with E-state index in [1.54, 1.807) is 18.3 Å². The third-order valence-electron chi connectivity index (χ3n) is 3.14. The van der Waals surface area contributed by atoms with Crippen molar-refractivity contribution in [3.63, 3.8) is 0 Å². The van der Waals surface area contributed by atoms with E-state index in [1.165, 1.54) is 11.1 Å². The van der Waals surface area contributed by atoms with Crippen molar-refractivity contribution in [3.8, 4) is 6.07 Å². The first kappa shape index (κ1) is 13.1. The smallest absolute Gasteiger partial charge is 0.127 e. The van der Waals surface area contributed by atoms with Gasteiger partial charge >= 0.3 is 0 Å². The zero-order valence-electron chi connectivity index (χ0n) is 11.2. The highest BCUT2D eigenvalue weighted by Crippen LogP contribution is 2.19. The van der Waals surface area contributed by atoms with Crippen LogP contribution in [0.15, 0.2) is 42.6 Å². The highest BCUT2D eigenvalue weighted by Gasteiger charge is 2.06. The minimum absolute atomic E-state index is 0.160. The molecule has 0 bridgehead atoms. The SMILES string of the molecule is CCc1ccc(C(C)Nc2cc(C#N)ccn2)cc1. The first-order chi connectivity index (χ1) is 9.22. The van der Waals surface area contributed by atoms with Gasteiger partial charge < -0.3 is 5.32 Å². The van der Waals surface area contributed by atoms with E-state index in [4.69, 9.17) is 5.26 Å². The zero-order valence-corrected chi connectivity index (χ0v) is 11.2. The van der Waals surface area contributed by atoms with Crippen molar-refractivity contribution in [1.29, 1.82) is 5.26 Å². The summed E-state index contributed by atoms with van der Waals surface area (Å²) in [6.45, 7) is 4.23. The number of aromatic nitrogens is 1. The van der Waals surface area contributed by atoms with E-state index in [1.807, 2.05) is 0 Å². The maximum absolute atomic E-state index is 8.87. The van der Waals surface area contributed by atoms with Gasteiger partial charge in [0.2, 0.25) is 0 Å². The number of aryl methyl sites for hydroxylation is 1. The second kappa shape index (κ2) is 6.01. The van der Waals surface area contributed by atoms with Gasteiger partial charge in [-0.3, -0.25) is 0 Å². The summed E-state index contributed by atoms with van der Waals surface area (Å²) in [4.78, 5) is 4.22. The highest BCUT2D eigenvalue weighted by molar-refractivity contribution is 5.44. The van der Waals surface area contributed by atoms with Gasteiger partial charge in [0.15, 0.2) is 0 Å². The summed E-state index contributed by atoms with van der Waals surface area (Å²) in [7, 11) is 0. The van der Waals surface area contributed by atoms with Crippen LogP contribution >= 0.6 is 0 Å². The molecule has 1 aromatic carbocycles. The molecule has 2 rings (SSSR count). The lowest BCUT2D eigenvalue weighted by molar-refractivity contribution is 0.872. The number of nitrogens with one attached hydrogen (secondary N) is 1. The Bertz CT molecular complexity index is 582. The number of hydrogen-bond acceptors (Lipinski definition) is 3. The largest absolute Gasteiger partial charge is 0.364 e. The molecule has 0 fully saturated rings. The molecule has 0 saturated carbocycles. The monoisotopic (exact) mass is 251 g/mol. The number of hydrogen-bond donors (Lipinski definition) is 1. The summed E-state index contributed by atoms with van der Waals surface area (Å²) in [6.07, 6.45) is 2.70. The van der Waals surface area contributed by atoms with E-state index in [2.05, 4.69) is 54.5 Å². The lowest BCUT2D eigenvalue weighted by Gasteiger charge is -2.15. The Morgan fingerprint density at radius 2 is 2.00 bits per heavy atom. The van der Waals surface area contributed by atoms with E-state index in [0.29, 0.717) is 5.56 Å². The lowest BCUT2D eigenvalue weighted by Crippen LogP contribution is -2.08. The van der Waals surface area contributed by atoms with Crippen molar-refractivity contribution in [2.24, 2.45) is 0 Å². The molecule has 1 N–H and O–H groups in total. The molecule has 0 saturated heterocycles. The van der Waals surface area contributed by atoms with Crippen LogP contribution in [0.5, 0.6) is 0 Å². The Balaban J connectivity index is 2.11. The average molecular weight is 251 g/mol. The highest BCUT2D eigenvalue weighted by atomic mass is 15.0. The number of nitriles is 1. The van der Waals surface area contributed by atoms with Gasteiger partial charge in [-0.05, 0) is 36.6 Å². The van der Waals surface area contributed by atoms with Crippen LogP contribution < -0.4 is 5.32 Å². The van der Waals surface area contributed by atoms with Crippen LogP contribution in [0.1, 0.15) is 36.6 Å². The second-order valence-electron chi connectivity index (χ2n) is 4.50. The van der Waals surface area contributed by atoms with Gasteiger partial charge in [-0.2, -0.15) is 5.26 Å². The molecule has 0 aliphatic rings. The number of pyridine rings is 1. The van der Waals surface area contributed by atoms with E-state index < -0.39 is 0 Å². The van der Waals surface area contributed by atoms with Gasteiger partial charge in [0, 0.05) is 12.2 Å². The fourth-order valence-electron chi connectivity index (χ4n) is 1.93. The minimum Gasteiger partial charge on any atom is -0.364 e. The number of nitrogens with zero attached hydrogens (tertiary/aromatic N) is 2. The first-order valence-corrected chi connectivity index (χ1v) is 6.44. The van der Waals surface area contributed by atoms with E-state index >= 15 is 0 Å². The Hall–Kier alpha value is -2.34. The molecule has 0 aliphatic heterocycles. The number of anilines is 1. The Morgan fingerprint density at radius 3 is 2.63 bits per heavy atom. The fourth-order valence-corrected chi connectivity index (χ4v) is 1.93. The van der Waals surface area contributed by atoms with Crippen LogP contribution in [-0.2, 0) is 6.42 Å². The topological polar surface area (TPSA) is 48.7 Å². The first-order valence-electron chi connectivity index (χ1n) is 6.44. The van der Waals surface area contributed by atoms with Crippen molar-refractivity contribution in [2.75, 3.05) is 5.32 Å². The molecule has 0 amide bonds. The molecule has 19 heavy (non-hydrogen) atoms. The second-order valence-corrected chi connectivity index (χ2v) is 4.50. The fraction of sp³-hybridized carbons (Fsp3) is 0.250. The summed E-state index contributed by atoms with van der Waals surface area (Å²) in [5.41, 5.74) is 3.16. The molecule has 3 nitrogen and oxygen atoms in total. The van der Waals surface area contributed by atoms with Crippen LogP contribution in [-0.4, -0.2) is 4.98 Å². The Kier molecular flexibility index (Phi) is 4.15. The van der Waals surface area contributed by atoms with Crippen LogP contribution in [0.2, 0.25) is 0 Å². The molecule has 1 atom stereocenters. The minimum atomic E-state index is 0.160. The Morgan fingerprint density at radius 1 is 1.26 bits per heavy atom. The van der Waals surface area contributed by atoms with E-state index in [-0.39, 0.29) is 6.04 Å². The van der Waals surface area contributed by atoms with Gasteiger partial charge in [0.05, 0.1) is 11.6 Å². The predicted molar refractivity (Wildman–Crippen MR) is 76.8 cm³/mol. The van der Waals surface area contributed by atoms with Crippen LogP contribution in [0.25, 0.3) is 0 Å². The number of rotatable bonds is 4. The standard InChI is InChI=1S/C16H17N3/c1-3-13-4-6-15(7-5-13)12(2)19-16-10-14(11-17)8-9-18-16/h4-10,12H,3H2,1-2H3,(H,18,19). The maximum atomic E-state index is 8.87. The summed E-state index contributed by atoms with van der Waals surface area (Å²) in [5.74, 6) is 0.728. The van der Waals surface area contributed by atoms with Crippen molar-refractivity contribution in [2.45, 2.75) is 26.3 Å². The van der Waals surface area contributed by atoms with Gasteiger partial charge in [-0.25, -0.2) is 4.98 Å². The van der Waals surface area contributed by atoms with Crippen molar-refractivity contribution in [1.82, 2.24) is 4.98 Å². The van der Waals surface area contributed by atoms with Crippen molar-refractivity contribution in [3.05, 3.63) is 59.3 Å². The predicted octanol–water partition coefficient (Wildman–Crippen LogP) is 3.69. The third-order valence-corrected chi connectivity index (χ3v) is 3.14. The molecule has 2 aromatic rings. The molecule has 1 heterocycles. The van der Waals surface area contributed by atoms with E-state index in [9.17, 15) is 0 Å². The van der Waals surface area contributed by atoms with Crippen LogP contribution in [0.4, 0.5) is 5.82 Å². The van der Waals surface area contributed by atoms with Gasteiger partial charge in [0.25, 0.3) is 0 Å². The Labute approximate surface area is 113 Å². The maximum Gasteiger partial charge on any atom is 0.127 e. The summed E-state index contributed by atoms with van der Waals surface area (Å²) >= 11 is 0. The van der Waals surface area contributed by atoms with Gasteiger partial charge in [-0.1, -0.05) is 31.2 Å². The molecule has 1 aromatic heterocycles. The summed E-state index contributed by atoms with van der Waals surface area (Å²) in [6, 6.07) is 14.3. The molecule has 96 valence electrons. The quantitative estimate of drug-likeness (QED) is 0.901. The molecule has 0 aliphatic carbocycles. The molecule has 0 spiro atoms. The van der Waals surface area contributed by atoms with Crippen LogP contribution in [0, 0.1) is 11.3 Å². The van der Waals surface area contributed by atoms with Crippen molar-refractivity contribution >= 4 is 5.82 Å². The molecular weight excluding hydrogens is 234 g/mol. The molecule has 3 heteroatoms. The summed E-state index contributed by atoms with van der Waals surface area (Å²) in [5, 5.41) is 12.2. The zero-order chi connectivity index (χ0) is 13.7. The number of benzene rings is 1. The third kappa shape index (κ3) is 3.32. The lowest BCUT2D eigenvalue weighted by atomic mass is 10.1. The van der Waals surface area contributed by atoms with Gasteiger partial charge in [-0.15, -0.1) is 0 Å². The van der Waals surface area contributed by atoms with Crippen molar-refractivity contribution < 1.29 is 0 Å². The average Bonchev–Trinajstić information content (AvgIpc) is 2.47. The van der Waals surface area contributed by atoms with Crippen LogP contribution in [0.3, 0.4) is 0 Å². The molecule has 0 radical (unpaired) electrons. The van der Waals surface area contributed by atoms with E-state index in [0.717, 1.165) is 12.2 Å². The summed E-state index contributed by atoms with van der Waals surface area (Å²) < 4.78 is 0. The molecular formula is C16H17N3. The van der Waals surface area contributed by atoms with Gasteiger partial charge in [0.1, 0.15) is 5.82 Å². The normalized spacial score (nSPS) is 11.6. The molecule has 1 unspecified atom stereocenters.